The van der Waals surface area contributed by atoms with Gasteiger partial charge in [-0.15, -0.1) is 0 Å². The maximum Gasteiger partial charge on any atom is 0.251 e. The van der Waals surface area contributed by atoms with Crippen molar-refractivity contribution in [2.45, 2.75) is 18.9 Å². The van der Waals surface area contributed by atoms with Crippen molar-refractivity contribution in [3.8, 4) is 0 Å². The van der Waals surface area contributed by atoms with E-state index in [0.717, 1.165) is 11.6 Å². The standard InChI is InChI=1S/C18H20FN5O3/c1-23-9-10(8-21-23)16-12(4-6-15(25)24(16)2)18(27)22-11-3-5-14(19)13(7-11)17(20)26/h3,5,7-9,12,16H,4,6H2,1-2H3,(H2,20,26)(H,22,27). The van der Waals surface area contributed by atoms with Crippen molar-refractivity contribution in [1.29, 1.82) is 0 Å². The number of piperidine rings is 1. The van der Waals surface area contributed by atoms with Gasteiger partial charge in [0.05, 0.1) is 23.7 Å². The third-order valence-electron chi connectivity index (χ3n) is 4.76. The molecule has 1 aromatic heterocycles. The summed E-state index contributed by atoms with van der Waals surface area (Å²) in [5.74, 6) is -2.56. The van der Waals surface area contributed by atoms with Gasteiger partial charge < -0.3 is 16.0 Å². The van der Waals surface area contributed by atoms with Crippen LogP contribution in [-0.4, -0.2) is 39.4 Å². The number of carbonyl (C=O) groups is 3. The van der Waals surface area contributed by atoms with Gasteiger partial charge in [0.2, 0.25) is 11.8 Å². The minimum absolute atomic E-state index is 0.0503. The molecule has 1 saturated heterocycles. The SMILES string of the molecule is CN1C(=O)CCC(C(=O)Nc2ccc(F)c(C(N)=O)c2)C1c1cnn(C)c1. The number of carbonyl (C=O) groups excluding carboxylic acids is 3. The number of likely N-dealkylation sites (tertiary alicyclic amines) is 1. The van der Waals surface area contributed by atoms with Gasteiger partial charge in [0.1, 0.15) is 5.82 Å². The summed E-state index contributed by atoms with van der Waals surface area (Å²) in [6, 6.07) is 3.17. The Morgan fingerprint density at radius 3 is 2.70 bits per heavy atom. The molecule has 3 rings (SSSR count). The lowest BCUT2D eigenvalue weighted by atomic mass is 9.85. The summed E-state index contributed by atoms with van der Waals surface area (Å²) in [4.78, 5) is 37.9. The minimum atomic E-state index is -0.917. The molecule has 0 aliphatic carbocycles. The van der Waals surface area contributed by atoms with Crippen LogP contribution in [0.15, 0.2) is 30.6 Å². The molecule has 0 saturated carbocycles. The number of nitrogens with zero attached hydrogens (tertiary/aromatic N) is 3. The van der Waals surface area contributed by atoms with Crippen LogP contribution < -0.4 is 11.1 Å². The van der Waals surface area contributed by atoms with Crippen LogP contribution in [0, 0.1) is 11.7 Å². The van der Waals surface area contributed by atoms with Crippen molar-refractivity contribution in [2.75, 3.05) is 12.4 Å². The van der Waals surface area contributed by atoms with Crippen molar-refractivity contribution in [1.82, 2.24) is 14.7 Å². The molecule has 2 heterocycles. The van der Waals surface area contributed by atoms with Crippen LogP contribution in [0.1, 0.15) is 34.8 Å². The topological polar surface area (TPSA) is 110 Å². The minimum Gasteiger partial charge on any atom is -0.366 e. The zero-order valence-corrected chi connectivity index (χ0v) is 15.0. The van der Waals surface area contributed by atoms with Crippen LogP contribution in [-0.2, 0) is 16.6 Å². The van der Waals surface area contributed by atoms with Gasteiger partial charge >= 0.3 is 0 Å². The molecule has 0 spiro atoms. The predicted octanol–water partition coefficient (Wildman–Crippen LogP) is 1.21. The molecule has 27 heavy (non-hydrogen) atoms. The fourth-order valence-electron chi connectivity index (χ4n) is 3.39. The van der Waals surface area contributed by atoms with E-state index in [-0.39, 0.29) is 29.5 Å². The first-order chi connectivity index (χ1) is 12.8. The molecule has 8 nitrogen and oxygen atoms in total. The van der Waals surface area contributed by atoms with Crippen molar-refractivity contribution < 1.29 is 18.8 Å². The highest BCUT2D eigenvalue weighted by Gasteiger charge is 2.39. The number of hydrogen-bond donors (Lipinski definition) is 2. The van der Waals surface area contributed by atoms with E-state index in [1.807, 2.05) is 0 Å². The Hall–Kier alpha value is -3.23. The Balaban J connectivity index is 1.87. The Morgan fingerprint density at radius 1 is 1.33 bits per heavy atom. The fourth-order valence-corrected chi connectivity index (χ4v) is 3.39. The maximum atomic E-state index is 13.6. The lowest BCUT2D eigenvalue weighted by molar-refractivity contribution is -0.140. The molecule has 0 radical (unpaired) electrons. The van der Waals surface area contributed by atoms with Crippen LogP contribution in [0.5, 0.6) is 0 Å². The number of hydrogen-bond acceptors (Lipinski definition) is 4. The van der Waals surface area contributed by atoms with Crippen LogP contribution in [0.4, 0.5) is 10.1 Å². The van der Waals surface area contributed by atoms with Crippen LogP contribution in [0.25, 0.3) is 0 Å². The van der Waals surface area contributed by atoms with E-state index >= 15 is 0 Å². The summed E-state index contributed by atoms with van der Waals surface area (Å²) < 4.78 is 15.2. The van der Waals surface area contributed by atoms with Gasteiger partial charge in [-0.2, -0.15) is 5.10 Å². The lowest BCUT2D eigenvalue weighted by Crippen LogP contribution is -2.44. The highest BCUT2D eigenvalue weighted by Crippen LogP contribution is 2.36. The zero-order chi connectivity index (χ0) is 19.7. The van der Waals surface area contributed by atoms with Gasteiger partial charge in [0.15, 0.2) is 0 Å². The molecule has 0 bridgehead atoms. The summed E-state index contributed by atoms with van der Waals surface area (Å²) in [7, 11) is 3.41. The van der Waals surface area contributed by atoms with Crippen LogP contribution in [0.3, 0.4) is 0 Å². The van der Waals surface area contributed by atoms with Gasteiger partial charge in [-0.1, -0.05) is 0 Å². The van der Waals surface area contributed by atoms with E-state index < -0.39 is 23.7 Å². The van der Waals surface area contributed by atoms with E-state index in [2.05, 4.69) is 10.4 Å². The third kappa shape index (κ3) is 3.67. The molecule has 1 aliphatic heterocycles. The quantitative estimate of drug-likeness (QED) is 0.839. The van der Waals surface area contributed by atoms with E-state index in [0.29, 0.717) is 6.42 Å². The van der Waals surface area contributed by atoms with Gasteiger partial charge in [-0.3, -0.25) is 19.1 Å². The number of nitrogens with two attached hydrogens (primary N) is 1. The first kappa shape index (κ1) is 18.6. The normalized spacial score (nSPS) is 19.8. The number of aryl methyl sites for hydroxylation is 1. The number of aromatic nitrogens is 2. The van der Waals surface area contributed by atoms with Gasteiger partial charge in [-0.05, 0) is 24.6 Å². The molecular weight excluding hydrogens is 353 g/mol. The molecular formula is C18H20FN5O3. The summed E-state index contributed by atoms with van der Waals surface area (Å²) >= 11 is 0. The summed E-state index contributed by atoms with van der Waals surface area (Å²) in [6.07, 6.45) is 4.02. The smallest absolute Gasteiger partial charge is 0.251 e. The second-order valence-corrected chi connectivity index (χ2v) is 6.59. The van der Waals surface area contributed by atoms with E-state index in [1.54, 1.807) is 36.1 Å². The van der Waals surface area contributed by atoms with Crippen molar-refractivity contribution >= 4 is 23.4 Å². The van der Waals surface area contributed by atoms with Gasteiger partial charge in [0.25, 0.3) is 5.91 Å². The van der Waals surface area contributed by atoms with Gasteiger partial charge in [-0.25, -0.2) is 4.39 Å². The van der Waals surface area contributed by atoms with Gasteiger partial charge in [0, 0.05) is 38.0 Å². The first-order valence-electron chi connectivity index (χ1n) is 8.42. The number of anilines is 1. The maximum absolute atomic E-state index is 13.6. The average molecular weight is 373 g/mol. The number of rotatable bonds is 4. The molecule has 2 unspecified atom stereocenters. The largest absolute Gasteiger partial charge is 0.366 e. The Bertz CT molecular complexity index is 910. The van der Waals surface area contributed by atoms with E-state index in [4.69, 9.17) is 5.73 Å². The monoisotopic (exact) mass is 373 g/mol. The summed E-state index contributed by atoms with van der Waals surface area (Å²) in [5, 5.41) is 6.82. The molecule has 2 atom stereocenters. The summed E-state index contributed by atoms with van der Waals surface area (Å²) in [6.45, 7) is 0. The van der Waals surface area contributed by atoms with Crippen LogP contribution in [0.2, 0.25) is 0 Å². The molecule has 142 valence electrons. The molecule has 1 aliphatic rings. The zero-order valence-electron chi connectivity index (χ0n) is 15.0. The Labute approximate surface area is 155 Å². The van der Waals surface area contributed by atoms with Crippen molar-refractivity contribution in [2.24, 2.45) is 18.7 Å². The number of nitrogens with one attached hydrogen (secondary N) is 1. The van der Waals surface area contributed by atoms with E-state index in [1.165, 1.54) is 12.1 Å². The number of benzene rings is 1. The summed E-state index contributed by atoms with van der Waals surface area (Å²) in [5.41, 5.74) is 5.87. The van der Waals surface area contributed by atoms with E-state index in [9.17, 15) is 18.8 Å². The second kappa shape index (κ2) is 7.18. The van der Waals surface area contributed by atoms with Crippen molar-refractivity contribution in [3.05, 3.63) is 47.5 Å². The third-order valence-corrected chi connectivity index (χ3v) is 4.76. The average Bonchev–Trinajstić information content (AvgIpc) is 3.04. The molecule has 9 heteroatoms. The predicted molar refractivity (Wildman–Crippen MR) is 95.0 cm³/mol. The fraction of sp³-hybridized carbons (Fsp3) is 0.333. The van der Waals surface area contributed by atoms with Crippen LogP contribution >= 0.6 is 0 Å². The second-order valence-electron chi connectivity index (χ2n) is 6.59. The highest BCUT2D eigenvalue weighted by atomic mass is 19.1. The molecule has 1 aromatic carbocycles. The highest BCUT2D eigenvalue weighted by molar-refractivity contribution is 5.98. The lowest BCUT2D eigenvalue weighted by Gasteiger charge is -2.37. The molecule has 1 fully saturated rings. The van der Waals surface area contributed by atoms with Crippen molar-refractivity contribution in [3.63, 3.8) is 0 Å². The first-order valence-corrected chi connectivity index (χ1v) is 8.42. The number of primary amides is 1. The molecule has 2 aromatic rings. The molecule has 3 N–H and O–H groups in total. The Kier molecular flexibility index (Phi) is 4.93. The Morgan fingerprint density at radius 2 is 2.07 bits per heavy atom. The molecule has 3 amide bonds. The number of halogens is 1. The number of amides is 3.